The third-order valence-corrected chi connectivity index (χ3v) is 5.29. The van der Waals surface area contributed by atoms with E-state index in [-0.39, 0.29) is 16.0 Å². The molecule has 0 aliphatic rings. The number of nitrogens with zero attached hydrogens (tertiary/aromatic N) is 4. The van der Waals surface area contributed by atoms with Gasteiger partial charge in [-0.05, 0) is 37.9 Å². The summed E-state index contributed by atoms with van der Waals surface area (Å²) in [6.45, 7) is 0. The number of aromatic nitrogens is 3. The smallest absolute Gasteiger partial charge is 0.168 e. The number of hydrogen-bond donors (Lipinski definition) is 2. The Kier molecular flexibility index (Phi) is 4.67. The lowest BCUT2D eigenvalue weighted by atomic mass is 10.2. The summed E-state index contributed by atoms with van der Waals surface area (Å²) in [5, 5.41) is 19.9. The second-order valence-electron chi connectivity index (χ2n) is 5.72. The lowest BCUT2D eigenvalue weighted by molar-refractivity contribution is 0.442. The van der Waals surface area contributed by atoms with Crippen LogP contribution in [0, 0.1) is 0 Å². The lowest BCUT2D eigenvalue weighted by Gasteiger charge is -2.06. The molecule has 2 aromatic heterocycles. The van der Waals surface area contributed by atoms with Gasteiger partial charge in [-0.15, -0.1) is 0 Å². The molecule has 0 atom stereocenters. The molecular formula is C19H12Br2N4O2. The van der Waals surface area contributed by atoms with E-state index in [1.807, 2.05) is 40.9 Å². The first kappa shape index (κ1) is 17.7. The highest BCUT2D eigenvalue weighted by Gasteiger charge is 2.13. The summed E-state index contributed by atoms with van der Waals surface area (Å²) < 4.78 is 2.49. The van der Waals surface area contributed by atoms with E-state index >= 15 is 0 Å². The molecule has 27 heavy (non-hydrogen) atoms. The van der Waals surface area contributed by atoms with Crippen LogP contribution in [0.15, 0.2) is 68.9 Å². The SMILES string of the molecule is Oc1c(Br)cc(C=Nc2cn3cc(-c4ccccc4)nc3cn2)c(O)c1Br. The van der Waals surface area contributed by atoms with Crippen LogP contribution in [-0.4, -0.2) is 30.8 Å². The average molecular weight is 488 g/mol. The Morgan fingerprint density at radius 3 is 2.59 bits per heavy atom. The summed E-state index contributed by atoms with van der Waals surface area (Å²) in [6.07, 6.45) is 6.79. The molecule has 0 unspecified atom stereocenters. The van der Waals surface area contributed by atoms with Crippen molar-refractivity contribution in [1.82, 2.24) is 14.4 Å². The monoisotopic (exact) mass is 486 g/mol. The maximum Gasteiger partial charge on any atom is 0.168 e. The van der Waals surface area contributed by atoms with Crippen molar-refractivity contribution in [2.45, 2.75) is 0 Å². The summed E-state index contributed by atoms with van der Waals surface area (Å²) in [6, 6.07) is 11.5. The summed E-state index contributed by atoms with van der Waals surface area (Å²) in [7, 11) is 0. The van der Waals surface area contributed by atoms with Gasteiger partial charge in [-0.1, -0.05) is 30.3 Å². The van der Waals surface area contributed by atoms with Gasteiger partial charge in [0.1, 0.15) is 16.0 Å². The van der Waals surface area contributed by atoms with E-state index < -0.39 is 0 Å². The minimum Gasteiger partial charge on any atom is -0.506 e. The fourth-order valence-corrected chi connectivity index (χ4v) is 3.71. The highest BCUT2D eigenvalue weighted by Crippen LogP contribution is 2.40. The van der Waals surface area contributed by atoms with Gasteiger partial charge >= 0.3 is 0 Å². The fraction of sp³-hybridized carbons (Fsp3) is 0. The van der Waals surface area contributed by atoms with Gasteiger partial charge in [-0.25, -0.2) is 15.0 Å². The highest BCUT2D eigenvalue weighted by atomic mass is 79.9. The first-order valence-corrected chi connectivity index (χ1v) is 9.45. The Labute approximate surface area is 171 Å². The number of phenols is 2. The summed E-state index contributed by atoms with van der Waals surface area (Å²) in [5.74, 6) is 0.282. The normalized spacial score (nSPS) is 11.5. The van der Waals surface area contributed by atoms with Crippen molar-refractivity contribution < 1.29 is 10.2 Å². The van der Waals surface area contributed by atoms with Crippen molar-refractivity contribution >= 4 is 49.5 Å². The molecule has 0 bridgehead atoms. The number of hydrogen-bond acceptors (Lipinski definition) is 5. The zero-order valence-corrected chi connectivity index (χ0v) is 16.9. The van der Waals surface area contributed by atoms with Crippen LogP contribution in [0.25, 0.3) is 16.9 Å². The molecule has 0 fully saturated rings. The van der Waals surface area contributed by atoms with Crippen LogP contribution in [0.4, 0.5) is 5.82 Å². The van der Waals surface area contributed by atoms with Crippen molar-refractivity contribution in [2.75, 3.05) is 0 Å². The second-order valence-corrected chi connectivity index (χ2v) is 7.37. The molecule has 134 valence electrons. The van der Waals surface area contributed by atoms with Crippen molar-refractivity contribution in [3.05, 3.63) is 69.5 Å². The van der Waals surface area contributed by atoms with E-state index in [4.69, 9.17) is 0 Å². The second kappa shape index (κ2) is 7.13. The lowest BCUT2D eigenvalue weighted by Crippen LogP contribution is -1.88. The van der Waals surface area contributed by atoms with Gasteiger partial charge in [-0.2, -0.15) is 0 Å². The molecule has 0 aliphatic carbocycles. The van der Waals surface area contributed by atoms with Gasteiger partial charge in [0.25, 0.3) is 0 Å². The van der Waals surface area contributed by atoms with Crippen LogP contribution >= 0.6 is 31.9 Å². The molecule has 6 nitrogen and oxygen atoms in total. The largest absolute Gasteiger partial charge is 0.506 e. The number of benzene rings is 2. The van der Waals surface area contributed by atoms with Gasteiger partial charge in [0.15, 0.2) is 11.5 Å². The van der Waals surface area contributed by atoms with Crippen molar-refractivity contribution in [3.8, 4) is 22.8 Å². The molecule has 2 heterocycles. The fourth-order valence-electron chi connectivity index (χ4n) is 2.55. The predicted molar refractivity (Wildman–Crippen MR) is 111 cm³/mol. The average Bonchev–Trinajstić information content (AvgIpc) is 3.12. The zero-order chi connectivity index (χ0) is 19.0. The molecule has 0 spiro atoms. The van der Waals surface area contributed by atoms with Crippen LogP contribution in [-0.2, 0) is 0 Å². The Morgan fingerprint density at radius 2 is 1.81 bits per heavy atom. The Morgan fingerprint density at radius 1 is 1.04 bits per heavy atom. The third-order valence-electron chi connectivity index (χ3n) is 3.93. The van der Waals surface area contributed by atoms with Crippen LogP contribution in [0.3, 0.4) is 0 Å². The van der Waals surface area contributed by atoms with Gasteiger partial charge in [0.05, 0.1) is 22.6 Å². The van der Waals surface area contributed by atoms with Crippen molar-refractivity contribution in [2.24, 2.45) is 4.99 Å². The van der Waals surface area contributed by atoms with Crippen LogP contribution < -0.4 is 0 Å². The number of imidazole rings is 1. The molecule has 8 heteroatoms. The molecule has 4 aromatic rings. The van der Waals surface area contributed by atoms with Crippen molar-refractivity contribution in [1.29, 1.82) is 0 Å². The van der Waals surface area contributed by atoms with Gasteiger partial charge in [-0.3, -0.25) is 0 Å². The van der Waals surface area contributed by atoms with E-state index in [2.05, 4.69) is 46.8 Å². The molecule has 0 aliphatic heterocycles. The van der Waals surface area contributed by atoms with E-state index in [1.165, 1.54) is 6.21 Å². The summed E-state index contributed by atoms with van der Waals surface area (Å²) >= 11 is 6.38. The van der Waals surface area contributed by atoms with Gasteiger partial charge in [0.2, 0.25) is 0 Å². The first-order chi connectivity index (χ1) is 13.0. The molecule has 0 saturated heterocycles. The van der Waals surface area contributed by atoms with E-state index in [1.54, 1.807) is 18.5 Å². The van der Waals surface area contributed by atoms with Crippen LogP contribution in [0.1, 0.15) is 5.56 Å². The number of aliphatic imine (C=N–C) groups is 1. The Bertz CT molecular complexity index is 1170. The van der Waals surface area contributed by atoms with E-state index in [9.17, 15) is 10.2 Å². The predicted octanol–water partition coefficient (Wildman–Crippen LogP) is 5.08. The number of halogens is 2. The number of fused-ring (bicyclic) bond motifs is 1. The molecule has 0 radical (unpaired) electrons. The third kappa shape index (κ3) is 3.45. The molecule has 0 amide bonds. The molecular weight excluding hydrogens is 476 g/mol. The minimum absolute atomic E-state index is 0.0731. The zero-order valence-electron chi connectivity index (χ0n) is 13.7. The molecule has 2 N–H and O–H groups in total. The standard InChI is InChI=1S/C19H12Br2N4O2/c20-13-6-12(18(26)17(21)19(13)27)7-22-15-10-25-9-14(24-16(25)8-23-15)11-4-2-1-3-5-11/h1-10,26-27H. The maximum atomic E-state index is 10.1. The summed E-state index contributed by atoms with van der Waals surface area (Å²) in [5.41, 5.74) is 3.02. The quantitative estimate of drug-likeness (QED) is 0.394. The Balaban J connectivity index is 1.68. The topological polar surface area (TPSA) is 83.0 Å². The first-order valence-electron chi connectivity index (χ1n) is 7.87. The van der Waals surface area contributed by atoms with Crippen molar-refractivity contribution in [3.63, 3.8) is 0 Å². The van der Waals surface area contributed by atoms with Crippen LogP contribution in [0.2, 0.25) is 0 Å². The van der Waals surface area contributed by atoms with E-state index in [0.29, 0.717) is 21.5 Å². The number of rotatable bonds is 3. The Hall–Kier alpha value is -2.71. The molecule has 2 aromatic carbocycles. The van der Waals surface area contributed by atoms with Gasteiger partial charge in [0, 0.05) is 23.5 Å². The minimum atomic E-state index is -0.102. The molecule has 0 saturated carbocycles. The highest BCUT2D eigenvalue weighted by molar-refractivity contribution is 9.11. The van der Waals surface area contributed by atoms with Gasteiger partial charge < -0.3 is 14.6 Å². The maximum absolute atomic E-state index is 10.1. The van der Waals surface area contributed by atoms with Crippen LogP contribution in [0.5, 0.6) is 11.5 Å². The summed E-state index contributed by atoms with van der Waals surface area (Å²) in [4.78, 5) is 13.2. The molecule has 4 rings (SSSR count). The number of phenolic OH excluding ortho intramolecular Hbond substituents is 2. The van der Waals surface area contributed by atoms with E-state index in [0.717, 1.165) is 11.3 Å². The number of aromatic hydroxyl groups is 2.